The average molecular weight is 539 g/mol. The van der Waals surface area contributed by atoms with Gasteiger partial charge in [0.15, 0.2) is 5.11 Å². The standard InChI is InChI=1S/C30H43FN6S/c1-22-17-23(2)20-37(19-22)27-18-26(36-15-7-4-8-16-36)33-28(34-27)35-29(38)32-21-30(13-5-3-6-14-30)24-9-11-25(31)12-10-24/h9-12,18,22-23H,3-8,13-17,19-21H2,1-2H3,(H2,32,33,34,35,38)/t22-,23+. The zero-order valence-electron chi connectivity index (χ0n) is 23.0. The molecule has 0 spiro atoms. The van der Waals surface area contributed by atoms with Gasteiger partial charge in [-0.15, -0.1) is 0 Å². The second-order valence-electron chi connectivity index (χ2n) is 12.0. The Hall–Kier alpha value is -2.48. The van der Waals surface area contributed by atoms with Gasteiger partial charge in [-0.3, -0.25) is 0 Å². The molecule has 38 heavy (non-hydrogen) atoms. The number of hydrogen-bond donors (Lipinski definition) is 2. The molecule has 1 aliphatic carbocycles. The lowest BCUT2D eigenvalue weighted by Crippen LogP contribution is -2.44. The number of aromatic nitrogens is 2. The van der Waals surface area contributed by atoms with Crippen LogP contribution in [-0.4, -0.2) is 47.8 Å². The van der Waals surface area contributed by atoms with Gasteiger partial charge in [0.25, 0.3) is 0 Å². The fourth-order valence-corrected chi connectivity index (χ4v) is 6.93. The molecular weight excluding hydrogens is 495 g/mol. The van der Waals surface area contributed by atoms with Crippen molar-refractivity contribution in [1.29, 1.82) is 0 Å². The summed E-state index contributed by atoms with van der Waals surface area (Å²) in [6.45, 7) is 9.47. The van der Waals surface area contributed by atoms with E-state index in [4.69, 9.17) is 22.2 Å². The lowest BCUT2D eigenvalue weighted by Gasteiger charge is -2.38. The van der Waals surface area contributed by atoms with Crippen molar-refractivity contribution in [2.45, 2.75) is 77.0 Å². The van der Waals surface area contributed by atoms with Crippen LogP contribution >= 0.6 is 12.2 Å². The van der Waals surface area contributed by atoms with Crippen LogP contribution in [0, 0.1) is 17.7 Å². The maximum absolute atomic E-state index is 13.6. The number of benzene rings is 1. The molecular formula is C30H43FN6S. The van der Waals surface area contributed by atoms with Crippen LogP contribution in [0.2, 0.25) is 0 Å². The molecule has 2 saturated heterocycles. The van der Waals surface area contributed by atoms with Crippen LogP contribution in [0.3, 0.4) is 0 Å². The van der Waals surface area contributed by atoms with Crippen LogP contribution in [0.5, 0.6) is 0 Å². The highest BCUT2D eigenvalue weighted by Gasteiger charge is 2.34. The number of piperidine rings is 2. The van der Waals surface area contributed by atoms with Crippen molar-refractivity contribution < 1.29 is 4.39 Å². The molecule has 0 bridgehead atoms. The van der Waals surface area contributed by atoms with Crippen molar-refractivity contribution in [2.75, 3.05) is 47.8 Å². The molecule has 2 atom stereocenters. The Balaban J connectivity index is 1.33. The fraction of sp³-hybridized carbons (Fsp3) is 0.633. The third kappa shape index (κ3) is 6.56. The summed E-state index contributed by atoms with van der Waals surface area (Å²) < 4.78 is 13.6. The van der Waals surface area contributed by atoms with Crippen LogP contribution in [-0.2, 0) is 5.41 Å². The van der Waals surface area contributed by atoms with Crippen LogP contribution in [0.15, 0.2) is 30.3 Å². The third-order valence-corrected chi connectivity index (χ3v) is 8.90. The van der Waals surface area contributed by atoms with Crippen LogP contribution in [0.4, 0.5) is 22.0 Å². The minimum absolute atomic E-state index is 0.0422. The summed E-state index contributed by atoms with van der Waals surface area (Å²) in [5.74, 6) is 3.63. The first-order valence-corrected chi connectivity index (χ1v) is 15.0. The van der Waals surface area contributed by atoms with E-state index in [1.165, 1.54) is 50.5 Å². The fourth-order valence-electron chi connectivity index (χ4n) is 6.77. The quantitative estimate of drug-likeness (QED) is 0.420. The van der Waals surface area contributed by atoms with Gasteiger partial charge in [0, 0.05) is 44.2 Å². The Kier molecular flexibility index (Phi) is 8.66. The molecule has 1 aromatic heterocycles. The van der Waals surface area contributed by atoms with Crippen LogP contribution in [0.25, 0.3) is 0 Å². The van der Waals surface area contributed by atoms with Crippen molar-refractivity contribution in [3.63, 3.8) is 0 Å². The molecule has 2 aromatic rings. The zero-order valence-corrected chi connectivity index (χ0v) is 23.8. The molecule has 8 heteroatoms. The Bertz CT molecular complexity index is 1070. The van der Waals surface area contributed by atoms with Crippen molar-refractivity contribution >= 4 is 34.9 Å². The minimum Gasteiger partial charge on any atom is -0.361 e. The first kappa shape index (κ1) is 27.1. The van der Waals surface area contributed by atoms with E-state index in [0.717, 1.165) is 50.7 Å². The molecule has 1 aromatic carbocycles. The maximum atomic E-state index is 13.6. The molecule has 206 valence electrons. The van der Waals surface area contributed by atoms with Gasteiger partial charge in [-0.1, -0.05) is 45.2 Å². The number of halogens is 1. The van der Waals surface area contributed by atoms with Crippen LogP contribution < -0.4 is 20.4 Å². The number of thiocarbonyl (C=S) groups is 1. The molecule has 0 unspecified atom stereocenters. The SMILES string of the molecule is C[C@@H]1C[C@H](C)CN(c2cc(N3CCCCC3)nc(NC(=S)NCC3(c4ccc(F)cc4)CCCCC3)n2)C1. The van der Waals surface area contributed by atoms with E-state index in [2.05, 4.69) is 40.3 Å². The average Bonchev–Trinajstić information content (AvgIpc) is 2.92. The van der Waals surface area contributed by atoms with Gasteiger partial charge in [0.1, 0.15) is 17.5 Å². The Morgan fingerprint density at radius 3 is 2.18 bits per heavy atom. The maximum Gasteiger partial charge on any atom is 0.232 e. The number of rotatable bonds is 6. The minimum atomic E-state index is -0.191. The molecule has 0 radical (unpaired) electrons. The zero-order chi connectivity index (χ0) is 26.5. The lowest BCUT2D eigenvalue weighted by atomic mass is 9.69. The van der Waals surface area contributed by atoms with Gasteiger partial charge >= 0.3 is 0 Å². The van der Waals surface area contributed by atoms with Gasteiger partial charge in [-0.05, 0) is 80.3 Å². The smallest absolute Gasteiger partial charge is 0.232 e. The first-order chi connectivity index (χ1) is 18.4. The largest absolute Gasteiger partial charge is 0.361 e. The number of nitrogens with one attached hydrogen (secondary N) is 2. The molecule has 1 saturated carbocycles. The summed E-state index contributed by atoms with van der Waals surface area (Å²) in [6, 6.07) is 9.20. The number of hydrogen-bond acceptors (Lipinski definition) is 5. The third-order valence-electron chi connectivity index (χ3n) is 8.65. The second kappa shape index (κ2) is 12.1. The Morgan fingerprint density at radius 2 is 1.53 bits per heavy atom. The molecule has 3 fully saturated rings. The Labute approximate surface area is 232 Å². The highest BCUT2D eigenvalue weighted by atomic mass is 32.1. The van der Waals surface area contributed by atoms with Crippen molar-refractivity contribution in [3.8, 4) is 0 Å². The lowest BCUT2D eigenvalue weighted by molar-refractivity contribution is 0.292. The van der Waals surface area contributed by atoms with Crippen molar-refractivity contribution in [2.24, 2.45) is 11.8 Å². The predicted octanol–water partition coefficient (Wildman–Crippen LogP) is 6.28. The molecule has 2 N–H and O–H groups in total. The summed E-state index contributed by atoms with van der Waals surface area (Å²) >= 11 is 5.77. The summed E-state index contributed by atoms with van der Waals surface area (Å²) in [4.78, 5) is 14.7. The first-order valence-electron chi connectivity index (χ1n) is 14.6. The molecule has 6 nitrogen and oxygen atoms in total. The molecule has 3 aliphatic rings. The molecule has 0 amide bonds. The number of nitrogens with zero attached hydrogens (tertiary/aromatic N) is 4. The highest BCUT2D eigenvalue weighted by molar-refractivity contribution is 7.80. The highest BCUT2D eigenvalue weighted by Crippen LogP contribution is 2.39. The monoisotopic (exact) mass is 538 g/mol. The van der Waals surface area contributed by atoms with E-state index in [1.807, 2.05) is 12.1 Å². The van der Waals surface area contributed by atoms with Gasteiger partial charge < -0.3 is 20.4 Å². The van der Waals surface area contributed by atoms with Gasteiger partial charge in [-0.25, -0.2) is 4.39 Å². The van der Waals surface area contributed by atoms with E-state index in [0.29, 0.717) is 29.4 Å². The molecule has 3 heterocycles. The van der Waals surface area contributed by atoms with E-state index in [1.54, 1.807) is 12.1 Å². The molecule has 2 aliphatic heterocycles. The topological polar surface area (TPSA) is 56.3 Å². The number of anilines is 3. The van der Waals surface area contributed by atoms with Crippen molar-refractivity contribution in [1.82, 2.24) is 15.3 Å². The Morgan fingerprint density at radius 1 is 0.921 bits per heavy atom. The van der Waals surface area contributed by atoms with Crippen LogP contribution in [0.1, 0.15) is 77.2 Å². The van der Waals surface area contributed by atoms with Gasteiger partial charge in [-0.2, -0.15) is 9.97 Å². The van der Waals surface area contributed by atoms with Gasteiger partial charge in [0.2, 0.25) is 5.95 Å². The van der Waals surface area contributed by atoms with Crippen molar-refractivity contribution in [3.05, 3.63) is 41.7 Å². The summed E-state index contributed by atoms with van der Waals surface area (Å²) in [6.07, 6.45) is 10.7. The normalized spacial score (nSPS) is 23.7. The van der Waals surface area contributed by atoms with E-state index < -0.39 is 0 Å². The van der Waals surface area contributed by atoms with E-state index in [-0.39, 0.29) is 11.2 Å². The summed E-state index contributed by atoms with van der Waals surface area (Å²) in [7, 11) is 0. The molecule has 5 rings (SSSR count). The second-order valence-corrected chi connectivity index (χ2v) is 12.4. The van der Waals surface area contributed by atoms with E-state index in [9.17, 15) is 4.39 Å². The van der Waals surface area contributed by atoms with E-state index >= 15 is 0 Å². The van der Waals surface area contributed by atoms with Gasteiger partial charge in [0.05, 0.1) is 0 Å². The summed E-state index contributed by atoms with van der Waals surface area (Å²) in [5, 5.41) is 7.35. The predicted molar refractivity (Wildman–Crippen MR) is 159 cm³/mol. The summed E-state index contributed by atoms with van der Waals surface area (Å²) in [5.41, 5.74) is 1.15.